The Morgan fingerprint density at radius 2 is 1.92 bits per heavy atom. The Hall–Kier alpha value is -0.640. The van der Waals surface area contributed by atoms with Gasteiger partial charge in [0.05, 0.1) is 4.47 Å². The van der Waals surface area contributed by atoms with Crippen molar-refractivity contribution in [1.82, 2.24) is 9.97 Å². The van der Waals surface area contributed by atoms with Gasteiger partial charge in [0.15, 0.2) is 0 Å². The standard InChI is InChI=1S/C9H10BrN3/c10-7-4-11-8(12-5-7)13-9-1-6(2-9)3-9/h4-6H,1-3H2,(H,11,12,13). The van der Waals surface area contributed by atoms with Crippen molar-refractivity contribution >= 4 is 21.9 Å². The molecule has 1 heterocycles. The summed E-state index contributed by atoms with van der Waals surface area (Å²) in [4.78, 5) is 8.40. The molecule has 3 fully saturated rings. The normalized spacial score (nSPS) is 34.7. The molecule has 0 saturated heterocycles. The predicted octanol–water partition coefficient (Wildman–Crippen LogP) is 2.20. The van der Waals surface area contributed by atoms with Crippen molar-refractivity contribution in [3.63, 3.8) is 0 Å². The topological polar surface area (TPSA) is 37.8 Å². The molecule has 0 unspecified atom stereocenters. The van der Waals surface area contributed by atoms with Gasteiger partial charge in [0.1, 0.15) is 0 Å². The van der Waals surface area contributed by atoms with E-state index in [2.05, 4.69) is 31.2 Å². The number of nitrogens with one attached hydrogen (secondary N) is 1. The van der Waals surface area contributed by atoms with Crippen molar-refractivity contribution in [3.05, 3.63) is 16.9 Å². The average molecular weight is 240 g/mol. The molecule has 0 aromatic carbocycles. The fourth-order valence-electron chi connectivity index (χ4n) is 2.25. The molecule has 4 heteroatoms. The summed E-state index contributed by atoms with van der Waals surface area (Å²) in [5, 5.41) is 3.40. The number of anilines is 1. The zero-order valence-electron chi connectivity index (χ0n) is 7.13. The maximum absolute atomic E-state index is 4.20. The van der Waals surface area contributed by atoms with Crippen LogP contribution < -0.4 is 5.32 Å². The molecule has 68 valence electrons. The third kappa shape index (κ3) is 1.15. The summed E-state index contributed by atoms with van der Waals surface area (Å²) >= 11 is 3.31. The summed E-state index contributed by atoms with van der Waals surface area (Å²) in [6.07, 6.45) is 7.49. The van der Waals surface area contributed by atoms with Crippen LogP contribution >= 0.6 is 15.9 Å². The Bertz CT molecular complexity index is 318. The van der Waals surface area contributed by atoms with Gasteiger partial charge in [0.25, 0.3) is 0 Å². The molecule has 3 saturated carbocycles. The van der Waals surface area contributed by atoms with Gasteiger partial charge < -0.3 is 5.32 Å². The van der Waals surface area contributed by atoms with Crippen LogP contribution in [0.25, 0.3) is 0 Å². The molecule has 0 aliphatic heterocycles. The first-order chi connectivity index (χ1) is 6.26. The number of halogens is 1. The minimum Gasteiger partial charge on any atom is -0.349 e. The summed E-state index contributed by atoms with van der Waals surface area (Å²) in [5.41, 5.74) is 0.374. The monoisotopic (exact) mass is 239 g/mol. The maximum atomic E-state index is 4.20. The predicted molar refractivity (Wildman–Crippen MR) is 53.4 cm³/mol. The minimum atomic E-state index is 0.374. The third-order valence-electron chi connectivity index (χ3n) is 3.04. The molecule has 4 rings (SSSR count). The van der Waals surface area contributed by atoms with E-state index in [1.165, 1.54) is 19.3 Å². The summed E-state index contributed by atoms with van der Waals surface area (Å²) in [6, 6.07) is 0. The molecule has 3 aliphatic carbocycles. The zero-order chi connectivity index (χ0) is 8.89. The van der Waals surface area contributed by atoms with Crippen LogP contribution in [0.1, 0.15) is 19.3 Å². The van der Waals surface area contributed by atoms with Crippen molar-refractivity contribution in [2.45, 2.75) is 24.8 Å². The van der Waals surface area contributed by atoms with Crippen molar-refractivity contribution in [1.29, 1.82) is 0 Å². The molecule has 0 atom stereocenters. The molecule has 0 radical (unpaired) electrons. The van der Waals surface area contributed by atoms with E-state index in [0.29, 0.717) is 5.54 Å². The average Bonchev–Trinajstić information content (AvgIpc) is 1.98. The lowest BCUT2D eigenvalue weighted by molar-refractivity contribution is 0.00146. The van der Waals surface area contributed by atoms with E-state index in [1.54, 1.807) is 12.4 Å². The molecule has 3 nitrogen and oxygen atoms in total. The fourth-order valence-corrected chi connectivity index (χ4v) is 2.45. The van der Waals surface area contributed by atoms with E-state index in [0.717, 1.165) is 16.3 Å². The van der Waals surface area contributed by atoms with Gasteiger partial charge in [-0.1, -0.05) is 0 Å². The Labute approximate surface area is 85.1 Å². The molecule has 1 aromatic heterocycles. The van der Waals surface area contributed by atoms with Crippen molar-refractivity contribution in [3.8, 4) is 0 Å². The minimum absolute atomic E-state index is 0.374. The van der Waals surface area contributed by atoms with Gasteiger partial charge in [-0.2, -0.15) is 0 Å². The van der Waals surface area contributed by atoms with E-state index < -0.39 is 0 Å². The Kier molecular flexibility index (Phi) is 1.45. The summed E-state index contributed by atoms with van der Waals surface area (Å²) < 4.78 is 0.927. The molecule has 0 amide bonds. The van der Waals surface area contributed by atoms with Crippen molar-refractivity contribution < 1.29 is 0 Å². The summed E-state index contributed by atoms with van der Waals surface area (Å²) in [6.45, 7) is 0. The molecular weight excluding hydrogens is 230 g/mol. The first kappa shape index (κ1) is 7.74. The molecule has 1 aromatic rings. The first-order valence-electron chi connectivity index (χ1n) is 4.52. The number of rotatable bonds is 2. The molecule has 2 bridgehead atoms. The van der Waals surface area contributed by atoms with Crippen LogP contribution in [-0.2, 0) is 0 Å². The van der Waals surface area contributed by atoms with Gasteiger partial charge in [-0.3, -0.25) is 0 Å². The highest BCUT2D eigenvalue weighted by Crippen LogP contribution is 2.58. The number of aromatic nitrogens is 2. The lowest BCUT2D eigenvalue weighted by Gasteiger charge is -2.61. The summed E-state index contributed by atoms with van der Waals surface area (Å²) in [7, 11) is 0. The lowest BCUT2D eigenvalue weighted by atomic mass is 9.50. The van der Waals surface area contributed by atoms with Crippen LogP contribution in [0.2, 0.25) is 0 Å². The molecule has 1 N–H and O–H groups in total. The van der Waals surface area contributed by atoms with E-state index in [-0.39, 0.29) is 0 Å². The van der Waals surface area contributed by atoms with Gasteiger partial charge in [0.2, 0.25) is 5.95 Å². The number of hydrogen-bond donors (Lipinski definition) is 1. The SMILES string of the molecule is Brc1cnc(NC23CC(C2)C3)nc1. The first-order valence-corrected chi connectivity index (χ1v) is 5.31. The van der Waals surface area contributed by atoms with E-state index >= 15 is 0 Å². The smallest absolute Gasteiger partial charge is 0.223 e. The zero-order valence-corrected chi connectivity index (χ0v) is 8.71. The highest BCUT2D eigenvalue weighted by atomic mass is 79.9. The highest BCUT2D eigenvalue weighted by Gasteiger charge is 2.56. The van der Waals surface area contributed by atoms with Gasteiger partial charge in [-0.15, -0.1) is 0 Å². The van der Waals surface area contributed by atoms with Gasteiger partial charge in [-0.05, 0) is 41.1 Å². The largest absolute Gasteiger partial charge is 0.349 e. The van der Waals surface area contributed by atoms with Crippen molar-refractivity contribution in [2.75, 3.05) is 5.32 Å². The van der Waals surface area contributed by atoms with Crippen LogP contribution in [0.4, 0.5) is 5.95 Å². The lowest BCUT2D eigenvalue weighted by Crippen LogP contribution is -2.63. The van der Waals surface area contributed by atoms with Crippen LogP contribution in [0.5, 0.6) is 0 Å². The second-order valence-electron chi connectivity index (χ2n) is 4.11. The van der Waals surface area contributed by atoms with Crippen LogP contribution in [0.15, 0.2) is 16.9 Å². The van der Waals surface area contributed by atoms with Gasteiger partial charge >= 0.3 is 0 Å². The van der Waals surface area contributed by atoms with Crippen LogP contribution in [0, 0.1) is 5.92 Å². The third-order valence-corrected chi connectivity index (χ3v) is 3.45. The molecule has 13 heavy (non-hydrogen) atoms. The van der Waals surface area contributed by atoms with E-state index in [4.69, 9.17) is 0 Å². The summed E-state index contributed by atoms with van der Waals surface area (Å²) in [5.74, 6) is 1.75. The van der Waals surface area contributed by atoms with Gasteiger partial charge in [0, 0.05) is 17.9 Å². The Balaban J connectivity index is 1.75. The number of hydrogen-bond acceptors (Lipinski definition) is 3. The number of nitrogens with zero attached hydrogens (tertiary/aromatic N) is 2. The second-order valence-corrected chi connectivity index (χ2v) is 5.02. The maximum Gasteiger partial charge on any atom is 0.223 e. The molecular formula is C9H10BrN3. The highest BCUT2D eigenvalue weighted by molar-refractivity contribution is 9.10. The quantitative estimate of drug-likeness (QED) is 0.861. The van der Waals surface area contributed by atoms with Crippen molar-refractivity contribution in [2.24, 2.45) is 5.92 Å². The fraction of sp³-hybridized carbons (Fsp3) is 0.556. The Morgan fingerprint density at radius 1 is 1.31 bits per heavy atom. The van der Waals surface area contributed by atoms with Gasteiger partial charge in [-0.25, -0.2) is 9.97 Å². The van der Waals surface area contributed by atoms with Crippen LogP contribution in [-0.4, -0.2) is 15.5 Å². The Morgan fingerprint density at radius 3 is 2.38 bits per heavy atom. The van der Waals surface area contributed by atoms with E-state index in [1.807, 2.05) is 0 Å². The molecule has 3 aliphatic rings. The second kappa shape index (κ2) is 2.44. The van der Waals surface area contributed by atoms with E-state index in [9.17, 15) is 0 Å². The molecule has 0 spiro atoms. The van der Waals surface area contributed by atoms with Crippen LogP contribution in [0.3, 0.4) is 0 Å².